The quantitative estimate of drug-likeness (QED) is 0.624. The molecule has 0 radical (unpaired) electrons. The van der Waals surface area contributed by atoms with Gasteiger partial charge in [0.15, 0.2) is 0 Å². The summed E-state index contributed by atoms with van der Waals surface area (Å²) in [5.41, 5.74) is 2.21. The van der Waals surface area contributed by atoms with Gasteiger partial charge in [-0.25, -0.2) is 4.98 Å². The number of hydrogen-bond acceptors (Lipinski definition) is 5. The predicted molar refractivity (Wildman–Crippen MR) is 115 cm³/mol. The maximum absolute atomic E-state index is 13.0. The SMILES string of the molecule is COc1ccc(CN(C)C(=O)CCn2cnc3sc4c(c3c2=O)CCCC4)cc1. The van der Waals surface area contributed by atoms with Gasteiger partial charge in [0.2, 0.25) is 5.91 Å². The molecule has 0 bridgehead atoms. The zero-order valence-electron chi connectivity index (χ0n) is 16.8. The van der Waals surface area contributed by atoms with Crippen molar-refractivity contribution in [2.75, 3.05) is 14.2 Å². The number of ether oxygens (including phenoxy) is 1. The number of nitrogens with zero attached hydrogens (tertiary/aromatic N) is 3. The molecule has 1 aromatic carbocycles. The van der Waals surface area contributed by atoms with Gasteiger partial charge in [-0.05, 0) is 48.9 Å². The number of hydrogen-bond donors (Lipinski definition) is 0. The Balaban J connectivity index is 1.44. The molecule has 0 unspecified atom stereocenters. The molecule has 4 rings (SSSR count). The van der Waals surface area contributed by atoms with Crippen molar-refractivity contribution in [1.82, 2.24) is 14.5 Å². The van der Waals surface area contributed by atoms with Gasteiger partial charge in [-0.15, -0.1) is 11.3 Å². The van der Waals surface area contributed by atoms with E-state index in [4.69, 9.17) is 4.74 Å². The Morgan fingerprint density at radius 2 is 2.00 bits per heavy atom. The number of thiophene rings is 1. The lowest BCUT2D eigenvalue weighted by Crippen LogP contribution is -2.29. The maximum atomic E-state index is 13.0. The van der Waals surface area contributed by atoms with E-state index < -0.39 is 0 Å². The first kappa shape index (κ1) is 19.6. The number of carbonyl (C=O) groups excluding carboxylic acids is 1. The fourth-order valence-electron chi connectivity index (χ4n) is 3.84. The van der Waals surface area contributed by atoms with Crippen LogP contribution in [0.25, 0.3) is 10.2 Å². The molecule has 152 valence electrons. The van der Waals surface area contributed by atoms with Crippen LogP contribution in [-0.4, -0.2) is 34.5 Å². The second-order valence-electron chi connectivity index (χ2n) is 7.48. The number of rotatable bonds is 6. The summed E-state index contributed by atoms with van der Waals surface area (Å²) >= 11 is 1.65. The van der Waals surface area contributed by atoms with Gasteiger partial charge in [-0.2, -0.15) is 0 Å². The van der Waals surface area contributed by atoms with Crippen molar-refractivity contribution in [2.24, 2.45) is 0 Å². The number of amides is 1. The van der Waals surface area contributed by atoms with Crippen molar-refractivity contribution >= 4 is 27.5 Å². The first-order chi connectivity index (χ1) is 14.1. The van der Waals surface area contributed by atoms with E-state index in [1.54, 1.807) is 41.3 Å². The van der Waals surface area contributed by atoms with E-state index in [9.17, 15) is 9.59 Å². The molecule has 29 heavy (non-hydrogen) atoms. The molecular formula is C22H25N3O3S. The summed E-state index contributed by atoms with van der Waals surface area (Å²) in [7, 11) is 3.41. The van der Waals surface area contributed by atoms with Crippen LogP contribution in [0.3, 0.4) is 0 Å². The maximum Gasteiger partial charge on any atom is 0.262 e. The minimum Gasteiger partial charge on any atom is -0.497 e. The summed E-state index contributed by atoms with van der Waals surface area (Å²) in [6.07, 6.45) is 6.17. The van der Waals surface area contributed by atoms with Crippen molar-refractivity contribution in [2.45, 2.75) is 45.2 Å². The summed E-state index contributed by atoms with van der Waals surface area (Å²) in [5.74, 6) is 0.792. The number of fused-ring (bicyclic) bond motifs is 3. The fourth-order valence-corrected chi connectivity index (χ4v) is 5.06. The summed E-state index contributed by atoms with van der Waals surface area (Å²) in [5, 5.41) is 0.770. The van der Waals surface area contributed by atoms with Gasteiger partial charge in [-0.3, -0.25) is 14.2 Å². The lowest BCUT2D eigenvalue weighted by atomic mass is 9.97. The minimum absolute atomic E-state index is 0.000150. The molecule has 0 aliphatic heterocycles. The van der Waals surface area contributed by atoms with Gasteiger partial charge >= 0.3 is 0 Å². The zero-order valence-corrected chi connectivity index (χ0v) is 17.6. The van der Waals surface area contributed by atoms with Crippen LogP contribution in [0.4, 0.5) is 0 Å². The summed E-state index contributed by atoms with van der Waals surface area (Å²) < 4.78 is 6.75. The topological polar surface area (TPSA) is 64.4 Å². The molecule has 0 N–H and O–H groups in total. The highest BCUT2D eigenvalue weighted by Crippen LogP contribution is 2.33. The Kier molecular flexibility index (Phi) is 5.67. The third-order valence-corrected chi connectivity index (χ3v) is 6.71. The molecule has 0 saturated carbocycles. The summed E-state index contributed by atoms with van der Waals surface area (Å²) in [4.78, 5) is 33.9. The van der Waals surface area contributed by atoms with E-state index in [0.717, 1.165) is 40.8 Å². The van der Waals surface area contributed by atoms with E-state index in [1.807, 2.05) is 24.3 Å². The number of benzene rings is 1. The highest BCUT2D eigenvalue weighted by atomic mass is 32.1. The largest absolute Gasteiger partial charge is 0.497 e. The lowest BCUT2D eigenvalue weighted by molar-refractivity contribution is -0.130. The van der Waals surface area contributed by atoms with Crippen molar-refractivity contribution in [3.63, 3.8) is 0 Å². The molecule has 3 aromatic rings. The van der Waals surface area contributed by atoms with Gasteiger partial charge in [0.1, 0.15) is 10.6 Å². The Morgan fingerprint density at radius 3 is 2.76 bits per heavy atom. The average Bonchev–Trinajstić information content (AvgIpc) is 3.13. The smallest absolute Gasteiger partial charge is 0.262 e. The van der Waals surface area contributed by atoms with Gasteiger partial charge in [-0.1, -0.05) is 12.1 Å². The molecule has 0 atom stereocenters. The predicted octanol–water partition coefficient (Wildman–Crippen LogP) is 3.39. The molecule has 2 heterocycles. The number of methoxy groups -OCH3 is 1. The van der Waals surface area contributed by atoms with Gasteiger partial charge < -0.3 is 9.64 Å². The Morgan fingerprint density at radius 1 is 1.24 bits per heavy atom. The molecule has 6 nitrogen and oxygen atoms in total. The van der Waals surface area contributed by atoms with E-state index in [1.165, 1.54) is 16.9 Å². The number of aryl methyl sites for hydroxylation is 3. The van der Waals surface area contributed by atoms with Gasteiger partial charge in [0, 0.05) is 31.4 Å². The number of carbonyl (C=O) groups is 1. The zero-order chi connectivity index (χ0) is 20.4. The van der Waals surface area contributed by atoms with Crippen LogP contribution in [0.1, 0.15) is 35.3 Å². The third kappa shape index (κ3) is 4.05. The van der Waals surface area contributed by atoms with Crippen LogP contribution in [0.15, 0.2) is 35.4 Å². The third-order valence-electron chi connectivity index (χ3n) is 5.51. The number of aromatic nitrogens is 2. The van der Waals surface area contributed by atoms with Crippen LogP contribution in [-0.2, 0) is 30.7 Å². The highest BCUT2D eigenvalue weighted by molar-refractivity contribution is 7.18. The summed E-state index contributed by atoms with van der Waals surface area (Å²) in [6, 6.07) is 7.67. The van der Waals surface area contributed by atoms with Crippen LogP contribution < -0.4 is 10.3 Å². The van der Waals surface area contributed by atoms with E-state index in [0.29, 0.717) is 13.1 Å². The molecule has 1 aliphatic carbocycles. The van der Waals surface area contributed by atoms with Crippen molar-refractivity contribution < 1.29 is 9.53 Å². The van der Waals surface area contributed by atoms with E-state index >= 15 is 0 Å². The molecule has 2 aromatic heterocycles. The van der Waals surface area contributed by atoms with Crippen molar-refractivity contribution in [1.29, 1.82) is 0 Å². The van der Waals surface area contributed by atoms with E-state index in [-0.39, 0.29) is 17.9 Å². The molecular weight excluding hydrogens is 386 g/mol. The molecule has 0 fully saturated rings. The fraction of sp³-hybridized carbons (Fsp3) is 0.409. The Labute approximate surface area is 173 Å². The van der Waals surface area contributed by atoms with Crippen molar-refractivity contribution in [3.05, 3.63) is 57.0 Å². The molecule has 1 amide bonds. The van der Waals surface area contributed by atoms with Crippen LogP contribution in [0.5, 0.6) is 5.75 Å². The Hall–Kier alpha value is -2.67. The molecule has 7 heteroatoms. The van der Waals surface area contributed by atoms with Crippen LogP contribution >= 0.6 is 11.3 Å². The van der Waals surface area contributed by atoms with Crippen molar-refractivity contribution in [3.8, 4) is 5.75 Å². The summed E-state index contributed by atoms with van der Waals surface area (Å²) in [6.45, 7) is 0.866. The standard InChI is InChI=1S/C22H25N3O3S/c1-24(13-15-7-9-16(28-2)10-8-15)19(26)11-12-25-14-23-21-20(22(25)27)17-5-3-4-6-18(17)29-21/h7-10,14H,3-6,11-13H2,1-2H3. The second-order valence-corrected chi connectivity index (χ2v) is 8.57. The molecule has 1 aliphatic rings. The monoisotopic (exact) mass is 411 g/mol. The van der Waals surface area contributed by atoms with Crippen LogP contribution in [0.2, 0.25) is 0 Å². The minimum atomic E-state index is -0.0139. The second kappa shape index (κ2) is 8.37. The molecule has 0 saturated heterocycles. The lowest BCUT2D eigenvalue weighted by Gasteiger charge is -2.18. The van der Waals surface area contributed by atoms with E-state index in [2.05, 4.69) is 4.98 Å². The molecule has 0 spiro atoms. The highest BCUT2D eigenvalue weighted by Gasteiger charge is 2.20. The van der Waals surface area contributed by atoms with Gasteiger partial charge in [0.25, 0.3) is 5.56 Å². The Bertz CT molecular complexity index is 1090. The van der Waals surface area contributed by atoms with Gasteiger partial charge in [0.05, 0.1) is 18.8 Å². The first-order valence-corrected chi connectivity index (χ1v) is 10.7. The average molecular weight is 412 g/mol. The first-order valence-electron chi connectivity index (χ1n) is 9.93. The van der Waals surface area contributed by atoms with Crippen LogP contribution in [0, 0.1) is 0 Å². The normalized spacial score (nSPS) is 13.3.